The highest BCUT2D eigenvalue weighted by Crippen LogP contribution is 2.33. The zero-order chi connectivity index (χ0) is 38.0. The predicted octanol–water partition coefficient (Wildman–Crippen LogP) is 3.26. The highest BCUT2D eigenvalue weighted by molar-refractivity contribution is 7.90. The van der Waals surface area contributed by atoms with Crippen LogP contribution in [0.2, 0.25) is 0 Å². The quantitative estimate of drug-likeness (QED) is 0.148. The molecule has 4 aliphatic rings. The third-order valence-corrected chi connectivity index (χ3v) is 12.4. The number of nitrogens with one attached hydrogen (secondary N) is 3. The first-order valence-corrected chi connectivity index (χ1v) is 19.8. The summed E-state index contributed by atoms with van der Waals surface area (Å²) in [7, 11) is -4.34. The van der Waals surface area contributed by atoms with Gasteiger partial charge in [-0.15, -0.1) is 0 Å². The molecule has 3 aromatic carbocycles. The highest BCUT2D eigenvalue weighted by atomic mass is 32.2. The van der Waals surface area contributed by atoms with Gasteiger partial charge in [-0.3, -0.25) is 44.4 Å². The summed E-state index contributed by atoms with van der Waals surface area (Å²) in [5, 5.41) is 17.4. The fourth-order valence-corrected chi connectivity index (χ4v) is 9.04. The molecule has 1 aliphatic carbocycles. The standard InChI is InChI=1S/C38H43N7O8S/c46-35-15-14-33(37(48)40-35)44-24-28-20-26(8-12-31(28)38(44)49)23-42-16-18-43(19-17-42)29-9-6-25(7-10-29)22-39-32-13-11-30(21-34(32)45(50)51)54(52,53)41-36(47)27-4-2-1-3-5-27/h1-5,8,11-13,20-21,25,29,33,39H,6-7,9-10,14-19,22-24H2,(H,41,47)(H,40,46,48)/t25-,29-,33?. The SMILES string of the molecule is O=C1CCC(N2Cc3cc(CN4CCN([C@H]5CC[C@H](CNc6ccc(S(=O)(=O)NC(=O)c7ccccc7)cc6[N+](=O)[O-])CC5)CC4)ccc3C2=O)C(=O)N1. The molecule has 284 valence electrons. The van der Waals surface area contributed by atoms with Crippen molar-refractivity contribution in [3.8, 4) is 0 Å². The first kappa shape index (κ1) is 37.1. The molecule has 7 rings (SSSR count). The lowest BCUT2D eigenvalue weighted by Crippen LogP contribution is -2.52. The van der Waals surface area contributed by atoms with Gasteiger partial charge in [-0.2, -0.15) is 0 Å². The van der Waals surface area contributed by atoms with E-state index in [0.717, 1.165) is 75.6 Å². The zero-order valence-electron chi connectivity index (χ0n) is 29.7. The molecule has 3 fully saturated rings. The Hall–Kier alpha value is -5.19. The maximum Gasteiger partial charge on any atom is 0.293 e. The summed E-state index contributed by atoms with van der Waals surface area (Å²) in [4.78, 5) is 66.9. The lowest BCUT2D eigenvalue weighted by Gasteiger charge is -2.42. The number of hydrogen-bond donors (Lipinski definition) is 3. The van der Waals surface area contributed by atoms with Crippen LogP contribution in [-0.2, 0) is 32.7 Å². The highest BCUT2D eigenvalue weighted by Gasteiger charge is 2.39. The predicted molar refractivity (Wildman–Crippen MR) is 198 cm³/mol. The Morgan fingerprint density at radius 3 is 2.35 bits per heavy atom. The van der Waals surface area contributed by atoms with Crippen LogP contribution in [0.3, 0.4) is 0 Å². The molecular weight excluding hydrogens is 715 g/mol. The van der Waals surface area contributed by atoms with Crippen LogP contribution in [0.25, 0.3) is 0 Å². The molecule has 1 saturated carbocycles. The number of piperazine rings is 1. The normalized spacial score (nSPS) is 22.4. The van der Waals surface area contributed by atoms with Crippen LogP contribution in [0.1, 0.15) is 70.4 Å². The van der Waals surface area contributed by atoms with Gasteiger partial charge in [0.05, 0.1) is 9.82 Å². The second kappa shape index (κ2) is 15.7. The average molecular weight is 758 g/mol. The summed E-state index contributed by atoms with van der Waals surface area (Å²) < 4.78 is 27.7. The van der Waals surface area contributed by atoms with E-state index < -0.39 is 32.8 Å². The summed E-state index contributed by atoms with van der Waals surface area (Å²) in [5.41, 5.74) is 2.66. The van der Waals surface area contributed by atoms with Gasteiger partial charge in [-0.1, -0.05) is 30.3 Å². The molecule has 4 amide bonds. The second-order valence-electron chi connectivity index (χ2n) is 14.5. The van der Waals surface area contributed by atoms with Crippen molar-refractivity contribution < 1.29 is 32.5 Å². The van der Waals surface area contributed by atoms with Gasteiger partial charge in [0.25, 0.3) is 27.5 Å². The first-order valence-electron chi connectivity index (χ1n) is 18.3. The van der Waals surface area contributed by atoms with Crippen LogP contribution in [0.4, 0.5) is 11.4 Å². The number of piperidine rings is 1. The molecule has 0 bridgehead atoms. The molecule has 0 aromatic heterocycles. The Balaban J connectivity index is 0.861. The molecular formula is C38H43N7O8S. The summed E-state index contributed by atoms with van der Waals surface area (Å²) in [5.74, 6) is -1.38. The fraction of sp³-hybridized carbons (Fsp3) is 0.421. The molecule has 2 saturated heterocycles. The lowest BCUT2D eigenvalue weighted by atomic mass is 9.85. The van der Waals surface area contributed by atoms with Crippen LogP contribution in [-0.4, -0.2) is 96.5 Å². The van der Waals surface area contributed by atoms with E-state index in [1.54, 1.807) is 23.1 Å². The molecule has 3 aromatic rings. The van der Waals surface area contributed by atoms with Gasteiger partial charge in [0.1, 0.15) is 11.7 Å². The van der Waals surface area contributed by atoms with Gasteiger partial charge in [0.15, 0.2) is 0 Å². The molecule has 3 N–H and O–H groups in total. The number of imide groups is 1. The van der Waals surface area contributed by atoms with Crippen molar-refractivity contribution in [3.05, 3.63) is 99.1 Å². The fourth-order valence-electron chi connectivity index (χ4n) is 8.05. The molecule has 54 heavy (non-hydrogen) atoms. The molecule has 0 spiro atoms. The number of nitrogens with zero attached hydrogens (tertiary/aromatic N) is 4. The van der Waals surface area contributed by atoms with E-state index in [2.05, 4.69) is 26.5 Å². The molecule has 1 unspecified atom stereocenters. The van der Waals surface area contributed by atoms with Crippen LogP contribution >= 0.6 is 0 Å². The smallest absolute Gasteiger partial charge is 0.293 e. The van der Waals surface area contributed by atoms with Crippen LogP contribution in [0.15, 0.2) is 71.6 Å². The number of nitro groups is 1. The summed E-state index contributed by atoms with van der Waals surface area (Å²) in [6.45, 7) is 5.41. The number of benzene rings is 3. The summed E-state index contributed by atoms with van der Waals surface area (Å²) >= 11 is 0. The topological polar surface area (TPSA) is 191 Å². The van der Waals surface area contributed by atoms with Gasteiger partial charge in [-0.25, -0.2) is 13.1 Å². The second-order valence-corrected chi connectivity index (χ2v) is 16.2. The van der Waals surface area contributed by atoms with E-state index in [-0.39, 0.29) is 40.1 Å². The minimum absolute atomic E-state index is 0.154. The maximum atomic E-state index is 13.1. The minimum atomic E-state index is -4.34. The van der Waals surface area contributed by atoms with E-state index in [9.17, 15) is 37.7 Å². The van der Waals surface area contributed by atoms with E-state index >= 15 is 0 Å². The lowest BCUT2D eigenvalue weighted by molar-refractivity contribution is -0.384. The Morgan fingerprint density at radius 2 is 1.65 bits per heavy atom. The van der Waals surface area contributed by atoms with Crippen molar-refractivity contribution in [1.29, 1.82) is 0 Å². The largest absolute Gasteiger partial charge is 0.379 e. The molecule has 3 aliphatic heterocycles. The first-order chi connectivity index (χ1) is 25.9. The number of hydrogen-bond acceptors (Lipinski definition) is 11. The number of carbonyl (C=O) groups is 4. The van der Waals surface area contributed by atoms with Crippen molar-refractivity contribution >= 4 is 45.0 Å². The van der Waals surface area contributed by atoms with Crippen molar-refractivity contribution in [3.63, 3.8) is 0 Å². The Labute approximate surface area is 313 Å². The third-order valence-electron chi connectivity index (χ3n) is 11.1. The zero-order valence-corrected chi connectivity index (χ0v) is 30.6. The maximum absolute atomic E-state index is 13.1. The number of amides is 4. The van der Waals surface area contributed by atoms with Gasteiger partial charge in [0, 0.05) is 75.5 Å². The Kier molecular flexibility index (Phi) is 10.8. The third kappa shape index (κ3) is 8.15. The van der Waals surface area contributed by atoms with Gasteiger partial charge in [0.2, 0.25) is 11.8 Å². The van der Waals surface area contributed by atoms with Crippen LogP contribution < -0.4 is 15.4 Å². The van der Waals surface area contributed by atoms with Gasteiger partial charge < -0.3 is 10.2 Å². The van der Waals surface area contributed by atoms with E-state index in [1.807, 2.05) is 16.9 Å². The summed E-state index contributed by atoms with van der Waals surface area (Å²) in [6.07, 6.45) is 4.55. The number of rotatable bonds is 11. The van der Waals surface area contributed by atoms with E-state index in [1.165, 1.54) is 24.3 Å². The monoisotopic (exact) mass is 757 g/mol. The number of fused-ring (bicyclic) bond motifs is 1. The Bertz CT molecular complexity index is 2060. The van der Waals surface area contributed by atoms with Crippen molar-refractivity contribution in [2.45, 2.75) is 68.6 Å². The van der Waals surface area contributed by atoms with Crippen molar-refractivity contribution in [2.75, 3.05) is 38.0 Å². The van der Waals surface area contributed by atoms with Crippen LogP contribution in [0, 0.1) is 16.0 Å². The van der Waals surface area contributed by atoms with Crippen molar-refractivity contribution in [2.24, 2.45) is 5.92 Å². The van der Waals surface area contributed by atoms with E-state index in [0.29, 0.717) is 37.0 Å². The molecule has 3 heterocycles. The molecule has 16 heteroatoms. The van der Waals surface area contributed by atoms with E-state index in [4.69, 9.17) is 0 Å². The molecule has 0 radical (unpaired) electrons. The van der Waals surface area contributed by atoms with Crippen molar-refractivity contribution in [1.82, 2.24) is 24.7 Å². The number of anilines is 1. The average Bonchev–Trinajstić information content (AvgIpc) is 3.49. The molecule has 15 nitrogen and oxygen atoms in total. The number of nitro benzene ring substituents is 1. The Morgan fingerprint density at radius 1 is 0.907 bits per heavy atom. The minimum Gasteiger partial charge on any atom is -0.379 e. The summed E-state index contributed by atoms with van der Waals surface area (Å²) in [6, 6.07) is 17.2. The number of sulfonamides is 1. The van der Waals surface area contributed by atoms with Gasteiger partial charge in [-0.05, 0) is 79.5 Å². The van der Waals surface area contributed by atoms with Crippen LogP contribution in [0.5, 0.6) is 0 Å². The number of carbonyl (C=O) groups excluding carboxylic acids is 4. The molecule has 1 atom stereocenters. The van der Waals surface area contributed by atoms with Gasteiger partial charge >= 0.3 is 0 Å².